The molecule has 0 saturated carbocycles. The second-order valence-corrected chi connectivity index (χ2v) is 7.16. The van der Waals surface area contributed by atoms with Crippen molar-refractivity contribution < 1.29 is 8.42 Å². The van der Waals surface area contributed by atoms with Crippen LogP contribution in [-0.2, 0) is 10.0 Å². The van der Waals surface area contributed by atoms with Crippen molar-refractivity contribution in [2.45, 2.75) is 17.9 Å². The van der Waals surface area contributed by atoms with E-state index in [1.165, 1.54) is 12.1 Å². The van der Waals surface area contributed by atoms with Gasteiger partial charge in [0.25, 0.3) is 0 Å². The molecule has 108 valence electrons. The van der Waals surface area contributed by atoms with Crippen LogP contribution in [0.5, 0.6) is 0 Å². The number of nitrogens with zero attached hydrogens (tertiary/aromatic N) is 1. The average molecular weight is 365 g/mol. The molecule has 2 aromatic carbocycles. The molecule has 1 atom stereocenters. The van der Waals surface area contributed by atoms with Crippen LogP contribution in [0.4, 0.5) is 0 Å². The Balaban J connectivity index is 2.24. The standard InChI is InChI=1S/C15H13BrN2O2S/c1-11(13-5-7-14(16)8-6-13)18-21(19,20)15-4-2-3-12(9-15)10-17/h2-9,11,18H,1H3. The zero-order chi connectivity index (χ0) is 15.5. The highest BCUT2D eigenvalue weighted by molar-refractivity contribution is 9.10. The molecule has 1 unspecified atom stereocenters. The molecule has 2 aromatic rings. The Hall–Kier alpha value is -1.68. The minimum Gasteiger partial charge on any atom is -0.207 e. The fourth-order valence-corrected chi connectivity index (χ4v) is 3.39. The van der Waals surface area contributed by atoms with Gasteiger partial charge in [0, 0.05) is 10.5 Å². The topological polar surface area (TPSA) is 70.0 Å². The van der Waals surface area contributed by atoms with Gasteiger partial charge >= 0.3 is 0 Å². The predicted octanol–water partition coefficient (Wildman–Crippen LogP) is 3.36. The summed E-state index contributed by atoms with van der Waals surface area (Å²) in [5.41, 5.74) is 1.17. The van der Waals surface area contributed by atoms with Crippen molar-refractivity contribution in [1.82, 2.24) is 4.72 Å². The molecule has 1 N–H and O–H groups in total. The average Bonchev–Trinajstić information content (AvgIpc) is 2.47. The van der Waals surface area contributed by atoms with Crippen LogP contribution in [0.15, 0.2) is 57.9 Å². The third-order valence-corrected chi connectivity index (χ3v) is 5.04. The van der Waals surface area contributed by atoms with Crippen molar-refractivity contribution in [2.24, 2.45) is 0 Å². The van der Waals surface area contributed by atoms with E-state index in [1.807, 2.05) is 30.3 Å². The molecule has 0 aliphatic heterocycles. The molecule has 0 amide bonds. The quantitative estimate of drug-likeness (QED) is 0.903. The second kappa shape index (κ2) is 6.39. The monoisotopic (exact) mass is 364 g/mol. The van der Waals surface area contributed by atoms with Gasteiger partial charge in [0.05, 0.1) is 16.5 Å². The van der Waals surface area contributed by atoms with Crippen molar-refractivity contribution in [3.63, 3.8) is 0 Å². The first-order chi connectivity index (χ1) is 9.92. The third kappa shape index (κ3) is 3.91. The predicted molar refractivity (Wildman–Crippen MR) is 84.0 cm³/mol. The minimum absolute atomic E-state index is 0.0884. The van der Waals surface area contributed by atoms with Gasteiger partial charge in [-0.3, -0.25) is 0 Å². The molecule has 0 spiro atoms. The Bertz CT molecular complexity index is 780. The van der Waals surface area contributed by atoms with Gasteiger partial charge in [0.1, 0.15) is 0 Å². The third-order valence-electron chi connectivity index (χ3n) is 2.98. The van der Waals surface area contributed by atoms with Gasteiger partial charge in [-0.2, -0.15) is 5.26 Å². The van der Waals surface area contributed by atoms with E-state index in [4.69, 9.17) is 5.26 Å². The lowest BCUT2D eigenvalue weighted by Crippen LogP contribution is -2.26. The molecule has 0 saturated heterocycles. The van der Waals surface area contributed by atoms with Crippen molar-refractivity contribution in [3.05, 3.63) is 64.1 Å². The first-order valence-corrected chi connectivity index (χ1v) is 8.48. The number of nitrogens with one attached hydrogen (secondary N) is 1. The molecular formula is C15H13BrN2O2S. The molecule has 0 aliphatic rings. The Labute approximate surface area is 132 Å². The van der Waals surface area contributed by atoms with Crippen LogP contribution in [0.1, 0.15) is 24.1 Å². The molecule has 0 aromatic heterocycles. The summed E-state index contributed by atoms with van der Waals surface area (Å²) in [5, 5.41) is 8.84. The van der Waals surface area contributed by atoms with Gasteiger partial charge in [0.2, 0.25) is 10.0 Å². The van der Waals surface area contributed by atoms with Crippen LogP contribution in [-0.4, -0.2) is 8.42 Å². The zero-order valence-corrected chi connectivity index (χ0v) is 13.6. The maximum atomic E-state index is 12.3. The van der Waals surface area contributed by atoms with E-state index in [0.717, 1.165) is 10.0 Å². The molecule has 21 heavy (non-hydrogen) atoms. The first kappa shape index (κ1) is 15.7. The molecule has 0 fully saturated rings. The maximum absolute atomic E-state index is 12.3. The van der Waals surface area contributed by atoms with Gasteiger partial charge in [0.15, 0.2) is 0 Å². The molecule has 0 radical (unpaired) electrons. The smallest absolute Gasteiger partial charge is 0.207 e. The number of nitriles is 1. The molecule has 0 heterocycles. The van der Waals surface area contributed by atoms with E-state index in [9.17, 15) is 8.42 Å². The summed E-state index contributed by atoms with van der Waals surface area (Å²) in [4.78, 5) is 0.0884. The van der Waals surface area contributed by atoms with Crippen LogP contribution >= 0.6 is 15.9 Å². The minimum atomic E-state index is -3.66. The van der Waals surface area contributed by atoms with E-state index in [0.29, 0.717) is 5.56 Å². The van der Waals surface area contributed by atoms with Crippen LogP contribution in [0.2, 0.25) is 0 Å². The highest BCUT2D eigenvalue weighted by atomic mass is 79.9. The van der Waals surface area contributed by atoms with Gasteiger partial charge in [-0.25, -0.2) is 13.1 Å². The summed E-state index contributed by atoms with van der Waals surface area (Å²) >= 11 is 3.34. The zero-order valence-electron chi connectivity index (χ0n) is 11.2. The van der Waals surface area contributed by atoms with E-state index < -0.39 is 10.0 Å². The maximum Gasteiger partial charge on any atom is 0.241 e. The Morgan fingerprint density at radius 3 is 2.48 bits per heavy atom. The molecule has 6 heteroatoms. The van der Waals surface area contributed by atoms with Crippen LogP contribution in [0.25, 0.3) is 0 Å². The van der Waals surface area contributed by atoms with Crippen molar-refractivity contribution in [1.29, 1.82) is 5.26 Å². The molecule has 0 bridgehead atoms. The number of hydrogen-bond acceptors (Lipinski definition) is 3. The number of hydrogen-bond donors (Lipinski definition) is 1. The second-order valence-electron chi connectivity index (χ2n) is 4.53. The largest absolute Gasteiger partial charge is 0.241 e. The lowest BCUT2D eigenvalue weighted by Gasteiger charge is -2.15. The first-order valence-electron chi connectivity index (χ1n) is 6.20. The number of benzene rings is 2. The van der Waals surface area contributed by atoms with E-state index >= 15 is 0 Å². The molecular weight excluding hydrogens is 352 g/mol. The van der Waals surface area contributed by atoms with Crippen LogP contribution in [0.3, 0.4) is 0 Å². The highest BCUT2D eigenvalue weighted by Gasteiger charge is 2.18. The normalized spacial score (nSPS) is 12.6. The van der Waals surface area contributed by atoms with Crippen molar-refractivity contribution >= 4 is 26.0 Å². The SMILES string of the molecule is CC(NS(=O)(=O)c1cccc(C#N)c1)c1ccc(Br)cc1. The van der Waals surface area contributed by atoms with Gasteiger partial charge in [-0.1, -0.05) is 34.1 Å². The van der Waals surface area contributed by atoms with Crippen LogP contribution in [0, 0.1) is 11.3 Å². The van der Waals surface area contributed by atoms with E-state index in [1.54, 1.807) is 19.1 Å². The van der Waals surface area contributed by atoms with Crippen LogP contribution < -0.4 is 4.72 Å². The van der Waals surface area contributed by atoms with Gasteiger partial charge in [-0.05, 0) is 42.8 Å². The summed E-state index contributed by atoms with van der Waals surface area (Å²) in [5.74, 6) is 0. The highest BCUT2D eigenvalue weighted by Crippen LogP contribution is 2.19. The lowest BCUT2D eigenvalue weighted by molar-refractivity contribution is 0.567. The number of sulfonamides is 1. The fourth-order valence-electron chi connectivity index (χ4n) is 1.85. The number of halogens is 1. The summed E-state index contributed by atoms with van der Waals surface area (Å²) in [6.07, 6.45) is 0. The number of rotatable bonds is 4. The summed E-state index contributed by atoms with van der Waals surface area (Å²) in [6.45, 7) is 1.77. The summed E-state index contributed by atoms with van der Waals surface area (Å²) in [7, 11) is -3.66. The molecule has 4 nitrogen and oxygen atoms in total. The Morgan fingerprint density at radius 2 is 1.86 bits per heavy atom. The van der Waals surface area contributed by atoms with E-state index in [-0.39, 0.29) is 10.9 Å². The van der Waals surface area contributed by atoms with Gasteiger partial charge in [-0.15, -0.1) is 0 Å². The van der Waals surface area contributed by atoms with Gasteiger partial charge < -0.3 is 0 Å². The van der Waals surface area contributed by atoms with E-state index in [2.05, 4.69) is 20.7 Å². The lowest BCUT2D eigenvalue weighted by atomic mass is 10.1. The van der Waals surface area contributed by atoms with Crippen molar-refractivity contribution in [3.8, 4) is 6.07 Å². The molecule has 0 aliphatic carbocycles. The summed E-state index contributed by atoms with van der Waals surface area (Å²) < 4.78 is 28.2. The fraction of sp³-hybridized carbons (Fsp3) is 0.133. The summed E-state index contributed by atoms with van der Waals surface area (Å²) in [6, 6.07) is 14.9. The van der Waals surface area contributed by atoms with Crippen molar-refractivity contribution in [2.75, 3.05) is 0 Å². The molecule has 2 rings (SSSR count). The Morgan fingerprint density at radius 1 is 1.19 bits per heavy atom. The Kier molecular flexibility index (Phi) is 4.78.